The molecule has 0 saturated carbocycles. The molecule has 1 aliphatic rings. The zero-order valence-corrected chi connectivity index (χ0v) is 15.9. The molecule has 0 aliphatic carbocycles. The first-order chi connectivity index (χ1) is 12.3. The highest BCUT2D eigenvalue weighted by Gasteiger charge is 2.31. The smallest absolute Gasteiger partial charge is 0.406 e. The van der Waals surface area contributed by atoms with Crippen LogP contribution < -0.4 is 10.1 Å². The van der Waals surface area contributed by atoms with Crippen molar-refractivity contribution in [2.45, 2.75) is 12.4 Å². The van der Waals surface area contributed by atoms with Crippen molar-refractivity contribution in [3.8, 4) is 5.75 Å². The van der Waals surface area contributed by atoms with Crippen LogP contribution in [0.15, 0.2) is 42.5 Å². The van der Waals surface area contributed by atoms with E-state index in [-0.39, 0.29) is 17.6 Å². The maximum atomic E-state index is 14.5. The van der Waals surface area contributed by atoms with Crippen LogP contribution in [0.3, 0.4) is 0 Å². The lowest BCUT2D eigenvalue weighted by Crippen LogP contribution is -2.45. The third-order valence-electron chi connectivity index (χ3n) is 4.20. The Kier molecular flexibility index (Phi) is 6.03. The second-order valence-electron chi connectivity index (χ2n) is 5.97. The lowest BCUT2D eigenvalue weighted by molar-refractivity contribution is -0.274. The van der Waals surface area contributed by atoms with E-state index < -0.39 is 6.36 Å². The molecule has 1 aliphatic heterocycles. The minimum Gasteiger partial charge on any atom is -0.406 e. The van der Waals surface area contributed by atoms with Gasteiger partial charge >= 0.3 is 6.36 Å². The molecule has 2 aromatic carbocycles. The van der Waals surface area contributed by atoms with E-state index in [0.29, 0.717) is 5.56 Å². The second-order valence-corrected chi connectivity index (χ2v) is 7.22. The van der Waals surface area contributed by atoms with Gasteiger partial charge in [0.25, 0.3) is 0 Å². The van der Waals surface area contributed by atoms with E-state index in [0.717, 1.165) is 35.3 Å². The number of halogens is 5. The largest absolute Gasteiger partial charge is 0.573 e. The molecule has 1 fully saturated rings. The van der Waals surface area contributed by atoms with Crippen LogP contribution in [-0.4, -0.2) is 37.4 Å². The number of alkyl halides is 3. The topological polar surface area (TPSA) is 24.5 Å². The Hall–Kier alpha value is -1.39. The average Bonchev–Trinajstić information content (AvgIpc) is 2.59. The second kappa shape index (κ2) is 8.10. The number of ether oxygens (including phenoxy) is 1. The van der Waals surface area contributed by atoms with E-state index in [2.05, 4.69) is 37.5 Å². The van der Waals surface area contributed by atoms with Crippen LogP contribution in [0.2, 0.25) is 0 Å². The molecule has 1 N–H and O–H groups in total. The van der Waals surface area contributed by atoms with Crippen LogP contribution in [0.25, 0.3) is 0 Å². The number of benzene rings is 2. The normalized spacial score (nSPS) is 17.1. The van der Waals surface area contributed by atoms with Crippen molar-refractivity contribution in [3.63, 3.8) is 0 Å². The summed E-state index contributed by atoms with van der Waals surface area (Å²) in [5.74, 6) is -0.618. The maximum absolute atomic E-state index is 14.5. The van der Waals surface area contributed by atoms with Crippen LogP contribution in [0, 0.1) is 9.39 Å². The zero-order chi connectivity index (χ0) is 18.7. The molecule has 0 unspecified atom stereocenters. The molecule has 2 aromatic rings. The van der Waals surface area contributed by atoms with E-state index in [9.17, 15) is 17.6 Å². The molecule has 140 valence electrons. The van der Waals surface area contributed by atoms with Gasteiger partial charge in [-0.1, -0.05) is 12.1 Å². The summed E-state index contributed by atoms with van der Waals surface area (Å²) < 4.78 is 56.5. The Morgan fingerprint density at radius 3 is 2.31 bits per heavy atom. The van der Waals surface area contributed by atoms with Gasteiger partial charge in [-0.15, -0.1) is 13.2 Å². The quantitative estimate of drug-likeness (QED) is 0.522. The standard InChI is InChI=1S/C18H17F4IN2O/c19-16-6-3-13(23)11-15(16)17(25-9-7-24-8-10-25)12-1-4-14(5-2-12)26-18(20,21)22/h1-6,11,17,24H,7-10H2/t17-/m1/s1. The van der Waals surface area contributed by atoms with E-state index >= 15 is 0 Å². The first-order valence-corrected chi connectivity index (χ1v) is 9.17. The van der Waals surface area contributed by atoms with Crippen molar-refractivity contribution in [1.29, 1.82) is 0 Å². The van der Waals surface area contributed by atoms with Crippen molar-refractivity contribution >= 4 is 22.6 Å². The summed E-state index contributed by atoms with van der Waals surface area (Å²) in [5.41, 5.74) is 1.24. The van der Waals surface area contributed by atoms with Gasteiger partial charge in [-0.05, 0) is 58.5 Å². The summed E-state index contributed by atoms with van der Waals surface area (Å²) in [6, 6.07) is 10.2. The number of rotatable bonds is 4. The van der Waals surface area contributed by atoms with Crippen molar-refractivity contribution in [3.05, 3.63) is 63.0 Å². The Morgan fingerprint density at radius 2 is 1.69 bits per heavy atom. The molecular formula is C18H17F4IN2O. The van der Waals surface area contributed by atoms with Gasteiger partial charge in [0.1, 0.15) is 11.6 Å². The van der Waals surface area contributed by atoms with Crippen LogP contribution in [0.1, 0.15) is 17.2 Å². The molecule has 1 atom stereocenters. The monoisotopic (exact) mass is 480 g/mol. The Balaban J connectivity index is 1.96. The molecule has 1 saturated heterocycles. The Bertz CT molecular complexity index is 746. The summed E-state index contributed by atoms with van der Waals surface area (Å²) in [5, 5.41) is 3.25. The summed E-state index contributed by atoms with van der Waals surface area (Å²) in [6.07, 6.45) is -4.74. The molecule has 0 radical (unpaired) electrons. The van der Waals surface area contributed by atoms with E-state index in [1.165, 1.54) is 18.2 Å². The van der Waals surface area contributed by atoms with E-state index in [4.69, 9.17) is 0 Å². The van der Waals surface area contributed by atoms with E-state index in [1.807, 2.05) is 0 Å². The van der Waals surface area contributed by atoms with Gasteiger partial charge < -0.3 is 10.1 Å². The van der Waals surface area contributed by atoms with Crippen LogP contribution in [0.4, 0.5) is 17.6 Å². The third-order valence-corrected chi connectivity index (χ3v) is 4.87. The molecule has 3 rings (SSSR count). The lowest BCUT2D eigenvalue weighted by Gasteiger charge is -2.35. The van der Waals surface area contributed by atoms with E-state index in [1.54, 1.807) is 24.3 Å². The third kappa shape index (κ3) is 4.86. The molecule has 3 nitrogen and oxygen atoms in total. The SMILES string of the molecule is Fc1ccc(I)cc1[C@@H](c1ccc(OC(F)(F)F)cc1)N1CCNCC1. The number of piperazine rings is 1. The van der Waals surface area contributed by atoms with Crippen LogP contribution >= 0.6 is 22.6 Å². The fourth-order valence-electron chi connectivity index (χ4n) is 3.10. The minimum atomic E-state index is -4.74. The number of nitrogens with one attached hydrogen (secondary N) is 1. The van der Waals surface area contributed by atoms with Gasteiger partial charge in [-0.25, -0.2) is 4.39 Å². The summed E-state index contributed by atoms with van der Waals surface area (Å²) in [4.78, 5) is 2.13. The molecule has 1 heterocycles. The minimum absolute atomic E-state index is 0.288. The highest BCUT2D eigenvalue weighted by molar-refractivity contribution is 14.1. The fraction of sp³-hybridized carbons (Fsp3) is 0.333. The summed E-state index contributed by atoms with van der Waals surface area (Å²) >= 11 is 2.12. The van der Waals surface area contributed by atoms with Crippen LogP contribution in [-0.2, 0) is 0 Å². The average molecular weight is 480 g/mol. The molecule has 8 heteroatoms. The van der Waals surface area contributed by atoms with Crippen molar-refractivity contribution in [2.24, 2.45) is 0 Å². The molecule has 26 heavy (non-hydrogen) atoms. The van der Waals surface area contributed by atoms with Gasteiger partial charge in [0.15, 0.2) is 0 Å². The lowest BCUT2D eigenvalue weighted by atomic mass is 9.96. The summed E-state index contributed by atoms with van der Waals surface area (Å²) in [7, 11) is 0. The van der Waals surface area contributed by atoms with Gasteiger partial charge in [0, 0.05) is 35.3 Å². The highest BCUT2D eigenvalue weighted by atomic mass is 127. The van der Waals surface area contributed by atoms with Gasteiger partial charge in [0.2, 0.25) is 0 Å². The molecule has 0 bridgehead atoms. The van der Waals surface area contributed by atoms with Crippen molar-refractivity contribution in [1.82, 2.24) is 10.2 Å². The predicted octanol–water partition coefficient (Wildman–Crippen LogP) is 4.32. The maximum Gasteiger partial charge on any atom is 0.573 e. The number of hydrogen-bond acceptors (Lipinski definition) is 3. The Morgan fingerprint density at radius 1 is 1.04 bits per heavy atom. The zero-order valence-electron chi connectivity index (χ0n) is 13.7. The van der Waals surface area contributed by atoms with Gasteiger partial charge in [-0.3, -0.25) is 4.90 Å². The first-order valence-electron chi connectivity index (χ1n) is 8.09. The highest BCUT2D eigenvalue weighted by Crippen LogP contribution is 2.33. The Labute approximate surface area is 162 Å². The predicted molar refractivity (Wildman–Crippen MR) is 98.5 cm³/mol. The number of hydrogen-bond donors (Lipinski definition) is 1. The number of nitrogens with zero attached hydrogens (tertiary/aromatic N) is 1. The van der Waals surface area contributed by atoms with Crippen molar-refractivity contribution < 1.29 is 22.3 Å². The molecular weight excluding hydrogens is 463 g/mol. The van der Waals surface area contributed by atoms with Crippen molar-refractivity contribution in [2.75, 3.05) is 26.2 Å². The first kappa shape index (κ1) is 19.4. The van der Waals surface area contributed by atoms with Gasteiger partial charge in [-0.2, -0.15) is 0 Å². The fourth-order valence-corrected chi connectivity index (χ4v) is 3.62. The molecule has 0 spiro atoms. The molecule has 0 aromatic heterocycles. The summed E-state index contributed by atoms with van der Waals surface area (Å²) in [6.45, 7) is 2.99. The van der Waals surface area contributed by atoms with Gasteiger partial charge in [0.05, 0.1) is 6.04 Å². The molecule has 0 amide bonds. The van der Waals surface area contributed by atoms with Crippen LogP contribution in [0.5, 0.6) is 5.75 Å².